The van der Waals surface area contributed by atoms with Crippen LogP contribution in [0.3, 0.4) is 0 Å². The van der Waals surface area contributed by atoms with Crippen LogP contribution in [-0.4, -0.2) is 38.1 Å². The average Bonchev–Trinajstić information content (AvgIpc) is 2.72. The molecule has 1 fully saturated rings. The molecule has 1 aromatic carbocycles. The largest absolute Gasteiger partial charge is 0.388 e. The van der Waals surface area contributed by atoms with Crippen molar-refractivity contribution in [3.8, 4) is 0 Å². The molecule has 5 heteroatoms. The van der Waals surface area contributed by atoms with Gasteiger partial charge in [-0.15, -0.1) is 0 Å². The van der Waals surface area contributed by atoms with E-state index in [1.165, 1.54) is 5.56 Å². The molecule has 1 saturated heterocycles. The number of carbonyl (C=O) groups is 1. The van der Waals surface area contributed by atoms with Gasteiger partial charge in [0.1, 0.15) is 5.82 Å². The van der Waals surface area contributed by atoms with Gasteiger partial charge in [0.25, 0.3) is 0 Å². The normalized spacial score (nSPS) is 16.0. The zero-order chi connectivity index (χ0) is 19.2. The third kappa shape index (κ3) is 4.59. The molecule has 144 valence electrons. The van der Waals surface area contributed by atoms with Gasteiger partial charge in [-0.25, -0.2) is 4.98 Å². The van der Waals surface area contributed by atoms with Crippen LogP contribution in [0.15, 0.2) is 42.6 Å². The van der Waals surface area contributed by atoms with Gasteiger partial charge in [0, 0.05) is 45.1 Å². The Bertz CT molecular complexity index is 768. The van der Waals surface area contributed by atoms with E-state index in [0.717, 1.165) is 49.4 Å². The van der Waals surface area contributed by atoms with Crippen molar-refractivity contribution in [2.45, 2.75) is 32.1 Å². The molecule has 5 nitrogen and oxygen atoms in total. The van der Waals surface area contributed by atoms with Crippen molar-refractivity contribution in [1.29, 1.82) is 0 Å². The van der Waals surface area contributed by atoms with Crippen molar-refractivity contribution >= 4 is 17.4 Å². The molecule has 0 bridgehead atoms. The molecule has 1 aliphatic heterocycles. The van der Waals surface area contributed by atoms with Crippen molar-refractivity contribution < 1.29 is 4.79 Å². The lowest BCUT2D eigenvalue weighted by Gasteiger charge is -2.34. The SMILES string of the molecule is CNC(=O)C(CC1CCN(c2cc(NC)ccn2)CC1)c1ccccc1C. The predicted molar refractivity (Wildman–Crippen MR) is 111 cm³/mol. The molecule has 1 aromatic heterocycles. The molecule has 2 N–H and O–H groups in total. The molecule has 1 atom stereocenters. The number of anilines is 2. The zero-order valence-corrected chi connectivity index (χ0v) is 16.5. The number of hydrogen-bond donors (Lipinski definition) is 2. The summed E-state index contributed by atoms with van der Waals surface area (Å²) in [6.45, 7) is 4.06. The minimum atomic E-state index is -0.0708. The van der Waals surface area contributed by atoms with Gasteiger partial charge in [0.05, 0.1) is 5.92 Å². The second kappa shape index (κ2) is 8.89. The summed E-state index contributed by atoms with van der Waals surface area (Å²) in [5.74, 6) is 1.63. The molecular weight excluding hydrogens is 336 g/mol. The van der Waals surface area contributed by atoms with Crippen LogP contribution >= 0.6 is 0 Å². The average molecular weight is 367 g/mol. The van der Waals surface area contributed by atoms with E-state index in [1.807, 2.05) is 31.4 Å². The lowest BCUT2D eigenvalue weighted by Crippen LogP contribution is -2.36. The molecule has 2 aromatic rings. The smallest absolute Gasteiger partial charge is 0.227 e. The first kappa shape index (κ1) is 19.2. The summed E-state index contributed by atoms with van der Waals surface area (Å²) in [7, 11) is 3.66. The van der Waals surface area contributed by atoms with Crippen molar-refractivity contribution in [3.63, 3.8) is 0 Å². The van der Waals surface area contributed by atoms with Gasteiger partial charge in [-0.05, 0) is 49.3 Å². The number of piperidine rings is 1. The first-order valence-electron chi connectivity index (χ1n) is 9.78. The Morgan fingerprint density at radius 3 is 2.63 bits per heavy atom. The lowest BCUT2D eigenvalue weighted by molar-refractivity contribution is -0.122. The maximum atomic E-state index is 12.6. The molecule has 1 aliphatic rings. The van der Waals surface area contributed by atoms with E-state index in [0.29, 0.717) is 5.92 Å². The molecule has 0 saturated carbocycles. The highest BCUT2D eigenvalue weighted by molar-refractivity contribution is 5.83. The van der Waals surface area contributed by atoms with Gasteiger partial charge >= 0.3 is 0 Å². The van der Waals surface area contributed by atoms with Crippen molar-refractivity contribution in [1.82, 2.24) is 10.3 Å². The topological polar surface area (TPSA) is 57.3 Å². The molecule has 1 unspecified atom stereocenters. The van der Waals surface area contributed by atoms with Gasteiger partial charge in [0.15, 0.2) is 0 Å². The van der Waals surface area contributed by atoms with E-state index >= 15 is 0 Å². The van der Waals surface area contributed by atoms with E-state index < -0.39 is 0 Å². The number of nitrogens with one attached hydrogen (secondary N) is 2. The fraction of sp³-hybridized carbons (Fsp3) is 0.455. The Morgan fingerprint density at radius 2 is 1.96 bits per heavy atom. The highest BCUT2D eigenvalue weighted by Crippen LogP contribution is 2.33. The highest BCUT2D eigenvalue weighted by Gasteiger charge is 2.28. The fourth-order valence-electron chi connectivity index (χ4n) is 4.01. The monoisotopic (exact) mass is 366 g/mol. The number of hydrogen-bond acceptors (Lipinski definition) is 4. The Labute approximate surface area is 162 Å². The Kier molecular flexibility index (Phi) is 6.32. The standard InChI is InChI=1S/C22H30N4O/c1-16-6-4-5-7-19(16)20(22(27)24-3)14-17-9-12-26(13-10-17)21-15-18(23-2)8-11-25-21/h4-8,11,15,17,20H,9-10,12-14H2,1-3H3,(H,23,25)(H,24,27). The molecule has 0 aliphatic carbocycles. The van der Waals surface area contributed by atoms with Crippen molar-refractivity contribution in [2.24, 2.45) is 5.92 Å². The van der Waals surface area contributed by atoms with Crippen molar-refractivity contribution in [3.05, 3.63) is 53.7 Å². The van der Waals surface area contributed by atoms with E-state index in [1.54, 1.807) is 7.05 Å². The van der Waals surface area contributed by atoms with Crippen LogP contribution in [0.25, 0.3) is 0 Å². The lowest BCUT2D eigenvalue weighted by atomic mass is 9.82. The van der Waals surface area contributed by atoms with Crippen LogP contribution in [0.1, 0.15) is 36.3 Å². The number of pyridine rings is 1. The van der Waals surface area contributed by atoms with Crippen LogP contribution < -0.4 is 15.5 Å². The van der Waals surface area contributed by atoms with Crippen LogP contribution in [0.4, 0.5) is 11.5 Å². The fourth-order valence-corrected chi connectivity index (χ4v) is 4.01. The van der Waals surface area contributed by atoms with Gasteiger partial charge in [-0.1, -0.05) is 24.3 Å². The van der Waals surface area contributed by atoms with E-state index in [2.05, 4.69) is 45.6 Å². The summed E-state index contributed by atoms with van der Waals surface area (Å²) in [6.07, 6.45) is 4.94. The third-order valence-corrected chi connectivity index (χ3v) is 5.67. The molecule has 1 amide bonds. The third-order valence-electron chi connectivity index (χ3n) is 5.67. The zero-order valence-electron chi connectivity index (χ0n) is 16.5. The number of benzene rings is 1. The summed E-state index contributed by atoms with van der Waals surface area (Å²) in [6, 6.07) is 12.3. The highest BCUT2D eigenvalue weighted by atomic mass is 16.1. The predicted octanol–water partition coefficient (Wildman–Crippen LogP) is 3.57. The summed E-state index contributed by atoms with van der Waals surface area (Å²) in [5.41, 5.74) is 3.43. The number of carbonyl (C=O) groups excluding carboxylic acids is 1. The number of nitrogens with zero attached hydrogens (tertiary/aromatic N) is 2. The van der Waals surface area contributed by atoms with Crippen LogP contribution in [-0.2, 0) is 4.79 Å². The molecule has 27 heavy (non-hydrogen) atoms. The molecule has 3 rings (SSSR count). The van der Waals surface area contributed by atoms with Crippen LogP contribution in [0.5, 0.6) is 0 Å². The molecule has 0 spiro atoms. The van der Waals surface area contributed by atoms with E-state index in [9.17, 15) is 4.79 Å². The number of rotatable bonds is 6. The molecule has 0 radical (unpaired) electrons. The number of likely N-dealkylation sites (N-methyl/N-ethyl adjacent to an activating group) is 1. The minimum Gasteiger partial charge on any atom is -0.388 e. The first-order valence-corrected chi connectivity index (χ1v) is 9.78. The van der Waals surface area contributed by atoms with Gasteiger partial charge in [0.2, 0.25) is 5.91 Å². The van der Waals surface area contributed by atoms with Crippen LogP contribution in [0.2, 0.25) is 0 Å². The summed E-state index contributed by atoms with van der Waals surface area (Å²) < 4.78 is 0. The summed E-state index contributed by atoms with van der Waals surface area (Å²) in [5, 5.41) is 6.03. The quantitative estimate of drug-likeness (QED) is 0.821. The number of amides is 1. The molecular formula is C22H30N4O. The summed E-state index contributed by atoms with van der Waals surface area (Å²) in [4.78, 5) is 19.4. The summed E-state index contributed by atoms with van der Waals surface area (Å²) >= 11 is 0. The minimum absolute atomic E-state index is 0.0708. The van der Waals surface area contributed by atoms with E-state index in [-0.39, 0.29) is 11.8 Å². The Morgan fingerprint density at radius 1 is 1.22 bits per heavy atom. The van der Waals surface area contributed by atoms with Gasteiger partial charge in [-0.3, -0.25) is 4.79 Å². The van der Waals surface area contributed by atoms with Crippen LogP contribution in [0, 0.1) is 12.8 Å². The van der Waals surface area contributed by atoms with Gasteiger partial charge < -0.3 is 15.5 Å². The number of aryl methyl sites for hydroxylation is 1. The van der Waals surface area contributed by atoms with E-state index in [4.69, 9.17) is 0 Å². The Hall–Kier alpha value is -2.56. The second-order valence-electron chi connectivity index (χ2n) is 7.34. The Balaban J connectivity index is 1.66. The maximum absolute atomic E-state index is 12.6. The number of aromatic nitrogens is 1. The van der Waals surface area contributed by atoms with Crippen molar-refractivity contribution in [2.75, 3.05) is 37.4 Å². The molecule has 2 heterocycles. The second-order valence-corrected chi connectivity index (χ2v) is 7.34. The van der Waals surface area contributed by atoms with Gasteiger partial charge in [-0.2, -0.15) is 0 Å². The first-order chi connectivity index (χ1) is 13.1. The maximum Gasteiger partial charge on any atom is 0.227 e.